The zero-order chi connectivity index (χ0) is 25.9. The van der Waals surface area contributed by atoms with Gasteiger partial charge >= 0.3 is 12.1 Å². The lowest BCUT2D eigenvalue weighted by atomic mass is 9.94. The second-order valence-electron chi connectivity index (χ2n) is 9.41. The number of aliphatic carboxylic acids is 1. The normalized spacial score (nSPS) is 28.3. The van der Waals surface area contributed by atoms with E-state index in [4.69, 9.17) is 9.90 Å². The molecule has 2 saturated carbocycles. The molecule has 0 aromatic heterocycles. The molecule has 7 nitrogen and oxygen atoms in total. The maximum Gasteiger partial charge on any atom is 0.490 e. The van der Waals surface area contributed by atoms with Crippen LogP contribution in [-0.4, -0.2) is 54.2 Å². The molecule has 36 heavy (non-hydrogen) atoms. The van der Waals surface area contributed by atoms with Crippen molar-refractivity contribution >= 4 is 17.8 Å². The van der Waals surface area contributed by atoms with Gasteiger partial charge in [0.15, 0.2) is 0 Å². The van der Waals surface area contributed by atoms with Crippen LogP contribution in [0.1, 0.15) is 35.8 Å². The minimum Gasteiger partial charge on any atom is -0.475 e. The first-order valence-electron chi connectivity index (χ1n) is 11.9. The Morgan fingerprint density at radius 3 is 1.44 bits per heavy atom. The zero-order valence-electron chi connectivity index (χ0n) is 19.4. The van der Waals surface area contributed by atoms with Crippen molar-refractivity contribution in [2.75, 3.05) is 13.1 Å². The standard InChI is InChI=1S/C24H27N3O2.C2HF3O2/c28-23(26-21-11-17(21)15-7-3-1-4-8-15)19-13-25-14-20(19)24(29)27-22-12-18(22)16-9-5-2-6-10-16;3-2(4,5)1(6)7/h1-10,17-22,25H,11-14H2,(H,26,28)(H,27,29);(H,6,7)/t17-,18-,19-,20-,21+,22+;/m1./s1. The van der Waals surface area contributed by atoms with Crippen molar-refractivity contribution in [1.29, 1.82) is 0 Å². The second kappa shape index (κ2) is 10.7. The number of nitrogens with one attached hydrogen (secondary N) is 3. The molecule has 5 rings (SSSR count). The highest BCUT2D eigenvalue weighted by Gasteiger charge is 2.46. The quantitative estimate of drug-likeness (QED) is 0.485. The summed E-state index contributed by atoms with van der Waals surface area (Å²) in [6.45, 7) is 1.14. The van der Waals surface area contributed by atoms with Crippen LogP contribution in [0, 0.1) is 11.8 Å². The van der Waals surface area contributed by atoms with Gasteiger partial charge in [-0.2, -0.15) is 13.2 Å². The van der Waals surface area contributed by atoms with E-state index < -0.39 is 12.1 Å². The van der Waals surface area contributed by atoms with Gasteiger partial charge in [-0.15, -0.1) is 0 Å². The molecule has 3 fully saturated rings. The summed E-state index contributed by atoms with van der Waals surface area (Å²) in [5.41, 5.74) is 2.55. The summed E-state index contributed by atoms with van der Waals surface area (Å²) in [5, 5.41) is 16.7. The van der Waals surface area contributed by atoms with E-state index in [1.165, 1.54) is 11.1 Å². The van der Waals surface area contributed by atoms with E-state index in [2.05, 4.69) is 40.2 Å². The van der Waals surface area contributed by atoms with Crippen LogP contribution >= 0.6 is 0 Å². The van der Waals surface area contributed by atoms with Crippen molar-refractivity contribution in [1.82, 2.24) is 16.0 Å². The Morgan fingerprint density at radius 2 is 1.11 bits per heavy atom. The topological polar surface area (TPSA) is 108 Å². The Kier molecular flexibility index (Phi) is 7.63. The summed E-state index contributed by atoms with van der Waals surface area (Å²) in [6, 6.07) is 21.0. The molecule has 0 spiro atoms. The summed E-state index contributed by atoms with van der Waals surface area (Å²) in [4.78, 5) is 34.6. The highest BCUT2D eigenvalue weighted by atomic mass is 19.4. The van der Waals surface area contributed by atoms with Crippen LogP contribution in [0.15, 0.2) is 60.7 Å². The van der Waals surface area contributed by atoms with E-state index in [1.807, 2.05) is 36.4 Å². The third-order valence-electron chi connectivity index (χ3n) is 6.82. The molecule has 1 aliphatic heterocycles. The first-order valence-corrected chi connectivity index (χ1v) is 11.9. The van der Waals surface area contributed by atoms with Crippen LogP contribution in [0.2, 0.25) is 0 Å². The van der Waals surface area contributed by atoms with Crippen molar-refractivity contribution in [3.63, 3.8) is 0 Å². The van der Waals surface area contributed by atoms with E-state index in [9.17, 15) is 22.8 Å². The summed E-state index contributed by atoms with van der Waals surface area (Å²) >= 11 is 0. The molecule has 0 unspecified atom stereocenters. The Morgan fingerprint density at radius 1 is 0.750 bits per heavy atom. The largest absolute Gasteiger partial charge is 0.490 e. The first kappa shape index (κ1) is 25.7. The molecule has 3 aliphatic rings. The lowest BCUT2D eigenvalue weighted by molar-refractivity contribution is -0.192. The van der Waals surface area contributed by atoms with Crippen molar-refractivity contribution in [2.24, 2.45) is 11.8 Å². The molecule has 2 aromatic rings. The average molecular weight is 504 g/mol. The van der Waals surface area contributed by atoms with Crippen LogP contribution in [-0.2, 0) is 14.4 Å². The minimum absolute atomic E-state index is 0.00832. The number of hydrogen-bond acceptors (Lipinski definition) is 4. The van der Waals surface area contributed by atoms with Gasteiger partial charge in [-0.1, -0.05) is 60.7 Å². The summed E-state index contributed by atoms with van der Waals surface area (Å²) in [7, 11) is 0. The van der Waals surface area contributed by atoms with Crippen molar-refractivity contribution in [2.45, 2.75) is 42.9 Å². The van der Waals surface area contributed by atoms with E-state index in [1.54, 1.807) is 0 Å². The van der Waals surface area contributed by atoms with Gasteiger partial charge in [-0.05, 0) is 24.0 Å². The highest BCUT2D eigenvalue weighted by Crippen LogP contribution is 2.42. The van der Waals surface area contributed by atoms with E-state index in [0.717, 1.165) is 12.8 Å². The average Bonchev–Trinajstić information content (AvgIpc) is 3.75. The number of rotatable bonds is 6. The molecule has 2 amide bonds. The number of benzene rings is 2. The van der Waals surface area contributed by atoms with Crippen LogP contribution in [0.25, 0.3) is 0 Å². The van der Waals surface area contributed by atoms with Gasteiger partial charge in [0.1, 0.15) is 0 Å². The molecule has 1 saturated heterocycles. The third-order valence-corrected chi connectivity index (χ3v) is 6.82. The Labute approximate surface area is 206 Å². The first-order chi connectivity index (χ1) is 17.1. The number of alkyl halides is 3. The molecule has 1 heterocycles. The lowest BCUT2D eigenvalue weighted by Gasteiger charge is -2.18. The van der Waals surface area contributed by atoms with Gasteiger partial charge in [-0.25, -0.2) is 4.79 Å². The number of amides is 2. The molecule has 4 N–H and O–H groups in total. The summed E-state index contributed by atoms with van der Waals surface area (Å²) < 4.78 is 31.7. The van der Waals surface area contributed by atoms with E-state index in [0.29, 0.717) is 24.9 Å². The monoisotopic (exact) mass is 503 g/mol. The molecule has 6 atom stereocenters. The fourth-order valence-corrected chi connectivity index (χ4v) is 4.66. The highest BCUT2D eigenvalue weighted by molar-refractivity contribution is 5.89. The fourth-order valence-electron chi connectivity index (χ4n) is 4.66. The molecular weight excluding hydrogens is 475 g/mol. The molecule has 0 radical (unpaired) electrons. The van der Waals surface area contributed by atoms with Crippen LogP contribution in [0.5, 0.6) is 0 Å². The number of carbonyl (C=O) groups is 3. The van der Waals surface area contributed by atoms with Gasteiger partial charge in [0.25, 0.3) is 0 Å². The van der Waals surface area contributed by atoms with Crippen LogP contribution in [0.3, 0.4) is 0 Å². The predicted molar refractivity (Wildman–Crippen MR) is 125 cm³/mol. The second-order valence-corrected chi connectivity index (χ2v) is 9.41. The molecule has 10 heteroatoms. The number of carboxylic acid groups (broad SMARTS) is 1. The fraction of sp³-hybridized carbons (Fsp3) is 0.423. The Balaban J connectivity index is 0.000000384. The molecule has 2 aliphatic carbocycles. The Bertz CT molecular complexity index is 1010. The molecule has 0 bridgehead atoms. The van der Waals surface area contributed by atoms with Gasteiger partial charge in [0, 0.05) is 37.0 Å². The van der Waals surface area contributed by atoms with Gasteiger partial charge in [-0.3, -0.25) is 9.59 Å². The smallest absolute Gasteiger partial charge is 0.475 e. The van der Waals surface area contributed by atoms with Crippen molar-refractivity contribution < 1.29 is 32.7 Å². The molecular formula is C26H28F3N3O4. The van der Waals surface area contributed by atoms with Gasteiger partial charge in [0.2, 0.25) is 11.8 Å². The predicted octanol–water partition coefficient (Wildman–Crippen LogP) is 2.80. The minimum atomic E-state index is -5.08. The number of halogens is 3. The maximum atomic E-state index is 12.8. The number of carbonyl (C=O) groups excluding carboxylic acids is 2. The van der Waals surface area contributed by atoms with Gasteiger partial charge < -0.3 is 21.1 Å². The number of hydrogen-bond donors (Lipinski definition) is 4. The summed E-state index contributed by atoms with van der Waals surface area (Å²) in [6.07, 6.45) is -3.12. The van der Waals surface area contributed by atoms with E-state index >= 15 is 0 Å². The maximum absolute atomic E-state index is 12.8. The molecule has 2 aromatic carbocycles. The van der Waals surface area contributed by atoms with Crippen molar-refractivity contribution in [3.05, 3.63) is 71.8 Å². The SMILES string of the molecule is O=C(N[C@H]1C[C@@H]1c1ccccc1)[C@@H]1CNC[C@H]1C(=O)N[C@H]1C[C@@H]1c1ccccc1.O=C(O)C(F)(F)F. The molecule has 192 valence electrons. The van der Waals surface area contributed by atoms with Crippen molar-refractivity contribution in [3.8, 4) is 0 Å². The number of carboxylic acids is 1. The van der Waals surface area contributed by atoms with E-state index in [-0.39, 0.29) is 35.7 Å². The Hall–Kier alpha value is -3.40. The van der Waals surface area contributed by atoms with Gasteiger partial charge in [0.05, 0.1) is 11.8 Å². The van der Waals surface area contributed by atoms with Crippen LogP contribution < -0.4 is 16.0 Å². The lowest BCUT2D eigenvalue weighted by Crippen LogP contribution is -2.43. The van der Waals surface area contributed by atoms with Crippen LogP contribution in [0.4, 0.5) is 13.2 Å². The summed E-state index contributed by atoms with van der Waals surface area (Å²) in [5.74, 6) is -2.52. The zero-order valence-corrected chi connectivity index (χ0v) is 19.4. The third kappa shape index (κ3) is 6.42.